The van der Waals surface area contributed by atoms with E-state index in [1.54, 1.807) is 11.3 Å². The Morgan fingerprint density at radius 1 is 1.53 bits per heavy atom. The summed E-state index contributed by atoms with van der Waals surface area (Å²) in [7, 11) is 0. The van der Waals surface area contributed by atoms with Crippen LogP contribution in [-0.4, -0.2) is 16.6 Å². The summed E-state index contributed by atoms with van der Waals surface area (Å²) in [5.74, 6) is 0.536. The summed E-state index contributed by atoms with van der Waals surface area (Å²) in [4.78, 5) is 4.32. The van der Waals surface area contributed by atoms with E-state index in [4.69, 9.17) is 5.26 Å². The van der Waals surface area contributed by atoms with Gasteiger partial charge in [-0.25, -0.2) is 4.98 Å². The average molecular weight is 273 g/mol. The first kappa shape index (κ1) is 13.5. The van der Waals surface area contributed by atoms with Crippen LogP contribution in [0.15, 0.2) is 22.9 Å². The van der Waals surface area contributed by atoms with Crippen LogP contribution in [0.25, 0.3) is 0 Å². The van der Waals surface area contributed by atoms with Gasteiger partial charge in [0.1, 0.15) is 11.9 Å². The number of nitriles is 1. The van der Waals surface area contributed by atoms with E-state index in [9.17, 15) is 5.11 Å². The van der Waals surface area contributed by atoms with E-state index in [0.29, 0.717) is 17.9 Å². The summed E-state index contributed by atoms with van der Waals surface area (Å²) < 4.78 is 0. The predicted molar refractivity (Wildman–Crippen MR) is 76.2 cm³/mol. The Kier molecular flexibility index (Phi) is 4.15. The molecule has 0 aliphatic heterocycles. The van der Waals surface area contributed by atoms with E-state index in [1.807, 2.05) is 36.7 Å². The van der Waals surface area contributed by atoms with E-state index >= 15 is 0 Å². The van der Waals surface area contributed by atoms with Crippen LogP contribution in [0.1, 0.15) is 28.5 Å². The molecule has 0 aliphatic rings. The quantitative estimate of drug-likeness (QED) is 0.898. The normalized spacial score (nSPS) is 11.9. The number of nitrogens with one attached hydrogen (secondary N) is 1. The van der Waals surface area contributed by atoms with E-state index in [1.165, 1.54) is 0 Å². The van der Waals surface area contributed by atoms with Gasteiger partial charge >= 0.3 is 0 Å². The van der Waals surface area contributed by atoms with Gasteiger partial charge in [-0.05, 0) is 47.9 Å². The minimum atomic E-state index is -0.597. The summed E-state index contributed by atoms with van der Waals surface area (Å²) in [5, 5.41) is 26.0. The van der Waals surface area contributed by atoms with Gasteiger partial charge < -0.3 is 10.4 Å². The van der Waals surface area contributed by atoms with Gasteiger partial charge in [-0.1, -0.05) is 0 Å². The zero-order valence-corrected chi connectivity index (χ0v) is 11.7. The fraction of sp³-hybridized carbons (Fsp3) is 0.286. The highest BCUT2D eigenvalue weighted by Crippen LogP contribution is 2.20. The van der Waals surface area contributed by atoms with E-state index in [2.05, 4.69) is 16.4 Å². The molecule has 0 amide bonds. The van der Waals surface area contributed by atoms with Gasteiger partial charge in [0.25, 0.3) is 0 Å². The van der Waals surface area contributed by atoms with Gasteiger partial charge in [0, 0.05) is 12.2 Å². The van der Waals surface area contributed by atoms with E-state index in [-0.39, 0.29) is 0 Å². The summed E-state index contributed by atoms with van der Waals surface area (Å²) >= 11 is 1.55. The van der Waals surface area contributed by atoms with Crippen molar-refractivity contribution in [2.24, 2.45) is 0 Å². The minimum Gasteiger partial charge on any atom is -0.387 e. The maximum atomic E-state index is 10.0. The summed E-state index contributed by atoms with van der Waals surface area (Å²) in [6.45, 7) is 4.10. The number of hydrogen-bond acceptors (Lipinski definition) is 5. The van der Waals surface area contributed by atoms with Gasteiger partial charge in [-0.15, -0.1) is 0 Å². The van der Waals surface area contributed by atoms with Crippen molar-refractivity contribution in [2.45, 2.75) is 20.0 Å². The third kappa shape index (κ3) is 3.11. The SMILES string of the molecule is Cc1cc(C)c(C#N)c(NC[C@H](O)c2ccsc2)n1. The van der Waals surface area contributed by atoms with Gasteiger partial charge in [-0.2, -0.15) is 16.6 Å². The fourth-order valence-electron chi connectivity index (χ4n) is 1.88. The van der Waals surface area contributed by atoms with Crippen LogP contribution in [0.5, 0.6) is 0 Å². The maximum absolute atomic E-state index is 10.0. The second-order valence-electron chi connectivity index (χ2n) is 4.37. The lowest BCUT2D eigenvalue weighted by Gasteiger charge is -2.13. The lowest BCUT2D eigenvalue weighted by molar-refractivity contribution is 0.192. The first-order valence-electron chi connectivity index (χ1n) is 5.94. The topological polar surface area (TPSA) is 68.9 Å². The molecule has 0 unspecified atom stereocenters. The molecule has 5 heteroatoms. The van der Waals surface area contributed by atoms with Gasteiger partial charge in [-0.3, -0.25) is 0 Å². The number of nitrogens with zero attached hydrogens (tertiary/aromatic N) is 2. The molecule has 2 heterocycles. The maximum Gasteiger partial charge on any atom is 0.144 e. The molecule has 0 spiro atoms. The Morgan fingerprint density at radius 3 is 2.95 bits per heavy atom. The molecule has 0 bridgehead atoms. The Hall–Kier alpha value is -1.90. The number of aryl methyl sites for hydroxylation is 2. The highest BCUT2D eigenvalue weighted by atomic mass is 32.1. The van der Waals surface area contributed by atoms with Crippen molar-refractivity contribution in [2.75, 3.05) is 11.9 Å². The first-order chi connectivity index (χ1) is 9.11. The number of anilines is 1. The van der Waals surface area contributed by atoms with Crippen molar-refractivity contribution in [3.05, 3.63) is 45.3 Å². The number of aliphatic hydroxyl groups excluding tert-OH is 1. The fourth-order valence-corrected chi connectivity index (χ4v) is 2.59. The lowest BCUT2D eigenvalue weighted by Crippen LogP contribution is -2.14. The molecule has 0 fully saturated rings. The number of pyridine rings is 1. The van der Waals surface area contributed by atoms with E-state index < -0.39 is 6.10 Å². The molecule has 19 heavy (non-hydrogen) atoms. The van der Waals surface area contributed by atoms with Crippen LogP contribution in [0.2, 0.25) is 0 Å². The van der Waals surface area contributed by atoms with Crippen LogP contribution in [0.3, 0.4) is 0 Å². The molecule has 4 nitrogen and oxygen atoms in total. The lowest BCUT2D eigenvalue weighted by atomic mass is 10.1. The molecule has 0 aliphatic carbocycles. The Bertz CT molecular complexity index is 602. The van der Waals surface area contributed by atoms with Crippen molar-refractivity contribution in [3.8, 4) is 6.07 Å². The Morgan fingerprint density at radius 2 is 2.32 bits per heavy atom. The molecule has 2 aromatic heterocycles. The van der Waals surface area contributed by atoms with Gasteiger partial charge in [0.15, 0.2) is 0 Å². The Labute approximate surface area is 116 Å². The Balaban J connectivity index is 2.14. The molecule has 2 N–H and O–H groups in total. The van der Waals surface area contributed by atoms with Crippen molar-refractivity contribution in [1.29, 1.82) is 5.26 Å². The molecule has 0 saturated heterocycles. The van der Waals surface area contributed by atoms with Crippen LogP contribution in [0.4, 0.5) is 5.82 Å². The molecule has 2 aromatic rings. The molecule has 0 saturated carbocycles. The highest BCUT2D eigenvalue weighted by molar-refractivity contribution is 7.07. The molecular formula is C14H15N3OS. The highest BCUT2D eigenvalue weighted by Gasteiger charge is 2.12. The standard InChI is InChI=1S/C14H15N3OS/c1-9-5-10(2)17-14(12(9)6-15)16-7-13(18)11-3-4-19-8-11/h3-5,8,13,18H,7H2,1-2H3,(H,16,17)/t13-/m0/s1. The molecule has 0 aromatic carbocycles. The molecule has 98 valence electrons. The second kappa shape index (κ2) is 5.83. The van der Waals surface area contributed by atoms with Crippen LogP contribution in [0, 0.1) is 25.2 Å². The monoisotopic (exact) mass is 273 g/mol. The average Bonchev–Trinajstić information content (AvgIpc) is 2.89. The number of hydrogen-bond donors (Lipinski definition) is 2. The summed E-state index contributed by atoms with van der Waals surface area (Å²) in [6, 6.07) is 5.91. The third-order valence-electron chi connectivity index (χ3n) is 2.85. The van der Waals surface area contributed by atoms with Crippen LogP contribution in [-0.2, 0) is 0 Å². The largest absolute Gasteiger partial charge is 0.387 e. The zero-order valence-electron chi connectivity index (χ0n) is 10.8. The number of aliphatic hydroxyl groups is 1. The third-order valence-corrected chi connectivity index (χ3v) is 3.55. The molecular weight excluding hydrogens is 258 g/mol. The second-order valence-corrected chi connectivity index (χ2v) is 5.15. The van der Waals surface area contributed by atoms with Crippen molar-refractivity contribution < 1.29 is 5.11 Å². The van der Waals surface area contributed by atoms with Crippen molar-refractivity contribution in [1.82, 2.24) is 4.98 Å². The molecule has 1 atom stereocenters. The van der Waals surface area contributed by atoms with Crippen LogP contribution >= 0.6 is 11.3 Å². The predicted octanol–water partition coefficient (Wildman–Crippen LogP) is 2.78. The van der Waals surface area contributed by atoms with Gasteiger partial charge in [0.2, 0.25) is 0 Å². The van der Waals surface area contributed by atoms with Crippen LogP contribution < -0.4 is 5.32 Å². The minimum absolute atomic E-state index is 0.335. The molecule has 0 radical (unpaired) electrons. The van der Waals surface area contributed by atoms with Crippen molar-refractivity contribution in [3.63, 3.8) is 0 Å². The number of thiophene rings is 1. The summed E-state index contributed by atoms with van der Waals surface area (Å²) in [5.41, 5.74) is 3.15. The van der Waals surface area contributed by atoms with Gasteiger partial charge in [0.05, 0.1) is 11.7 Å². The zero-order chi connectivity index (χ0) is 13.8. The number of aromatic nitrogens is 1. The molecule has 2 rings (SSSR count). The smallest absolute Gasteiger partial charge is 0.144 e. The summed E-state index contributed by atoms with van der Waals surface area (Å²) in [6.07, 6.45) is -0.597. The van der Waals surface area contributed by atoms with Crippen molar-refractivity contribution >= 4 is 17.2 Å². The first-order valence-corrected chi connectivity index (χ1v) is 6.88. The number of rotatable bonds is 4. The van der Waals surface area contributed by atoms with E-state index in [0.717, 1.165) is 16.8 Å².